The number of hydrogen-bond acceptors (Lipinski definition) is 5. The molecule has 0 spiro atoms. The van der Waals surface area contributed by atoms with Crippen molar-refractivity contribution in [3.8, 4) is 11.5 Å². The van der Waals surface area contributed by atoms with Gasteiger partial charge in [0.1, 0.15) is 6.61 Å². The molecule has 0 radical (unpaired) electrons. The number of hydrogen-bond donors (Lipinski definition) is 1. The van der Waals surface area contributed by atoms with Gasteiger partial charge < -0.3 is 19.5 Å². The van der Waals surface area contributed by atoms with E-state index in [1.165, 1.54) is 23.8 Å². The van der Waals surface area contributed by atoms with Crippen molar-refractivity contribution in [2.24, 2.45) is 0 Å². The zero-order valence-corrected chi connectivity index (χ0v) is 18.3. The van der Waals surface area contributed by atoms with Gasteiger partial charge in [-0.25, -0.2) is 0 Å². The SMILES string of the molecule is CC[C@H](NC(=O)COC)[C@H]1c2cc(OC)c(OC)cc2CCN1Cc1ccccc1. The van der Waals surface area contributed by atoms with Crippen LogP contribution in [0.15, 0.2) is 42.5 Å². The minimum absolute atomic E-state index is 0.0274. The molecule has 1 aliphatic rings. The maximum absolute atomic E-state index is 12.4. The molecule has 0 aromatic heterocycles. The molecule has 30 heavy (non-hydrogen) atoms. The highest BCUT2D eigenvalue weighted by Crippen LogP contribution is 2.40. The summed E-state index contributed by atoms with van der Waals surface area (Å²) in [6, 6.07) is 14.6. The standard InChI is InChI=1S/C24H32N2O4/c1-5-20(25-23(27)16-28-2)24-19-14-22(30-4)21(29-3)13-18(19)11-12-26(24)15-17-9-7-6-8-10-17/h6-10,13-14,20,24H,5,11-12,15-16H2,1-4H3,(H,25,27)/t20-,24+/m0/s1. The first-order valence-corrected chi connectivity index (χ1v) is 10.4. The number of nitrogens with one attached hydrogen (secondary N) is 1. The molecule has 1 heterocycles. The third-order valence-electron chi connectivity index (χ3n) is 5.70. The van der Waals surface area contributed by atoms with E-state index < -0.39 is 0 Å². The lowest BCUT2D eigenvalue weighted by Crippen LogP contribution is -2.49. The first kappa shape index (κ1) is 22.1. The largest absolute Gasteiger partial charge is 0.493 e. The number of benzene rings is 2. The van der Waals surface area contributed by atoms with Crippen molar-refractivity contribution in [2.45, 2.75) is 38.4 Å². The van der Waals surface area contributed by atoms with E-state index in [0.29, 0.717) is 5.75 Å². The highest BCUT2D eigenvalue weighted by Gasteiger charge is 2.35. The van der Waals surface area contributed by atoms with Gasteiger partial charge in [-0.05, 0) is 41.7 Å². The second kappa shape index (κ2) is 10.5. The summed E-state index contributed by atoms with van der Waals surface area (Å²) in [5.41, 5.74) is 3.67. The van der Waals surface area contributed by atoms with Gasteiger partial charge in [-0.15, -0.1) is 0 Å². The molecule has 2 aromatic rings. The lowest BCUT2D eigenvalue weighted by atomic mass is 9.86. The number of amides is 1. The van der Waals surface area contributed by atoms with E-state index in [9.17, 15) is 4.79 Å². The summed E-state index contributed by atoms with van der Waals surface area (Å²) in [4.78, 5) is 14.8. The van der Waals surface area contributed by atoms with Crippen LogP contribution in [0, 0.1) is 0 Å². The Morgan fingerprint density at radius 2 is 1.83 bits per heavy atom. The molecular formula is C24H32N2O4. The fourth-order valence-corrected chi connectivity index (χ4v) is 4.28. The number of ether oxygens (including phenoxy) is 3. The summed E-state index contributed by atoms with van der Waals surface area (Å²) < 4.78 is 16.1. The first-order chi connectivity index (χ1) is 14.6. The maximum Gasteiger partial charge on any atom is 0.246 e. The minimum atomic E-state index is -0.100. The third kappa shape index (κ3) is 4.94. The topological polar surface area (TPSA) is 60.0 Å². The summed E-state index contributed by atoms with van der Waals surface area (Å²) in [6.45, 7) is 3.88. The second-order valence-corrected chi connectivity index (χ2v) is 7.57. The Kier molecular flexibility index (Phi) is 7.71. The predicted molar refractivity (Wildman–Crippen MR) is 117 cm³/mol. The lowest BCUT2D eigenvalue weighted by molar-refractivity contribution is -0.126. The molecule has 1 aliphatic heterocycles. The Morgan fingerprint density at radius 1 is 1.13 bits per heavy atom. The molecule has 0 aliphatic carbocycles. The Bertz CT molecular complexity index is 841. The van der Waals surface area contributed by atoms with Gasteiger partial charge in [0.05, 0.1) is 20.3 Å². The second-order valence-electron chi connectivity index (χ2n) is 7.57. The fraction of sp³-hybridized carbons (Fsp3) is 0.458. The van der Waals surface area contributed by atoms with E-state index in [1.807, 2.05) is 6.07 Å². The van der Waals surface area contributed by atoms with E-state index in [0.717, 1.165) is 31.7 Å². The van der Waals surface area contributed by atoms with Crippen LogP contribution in [0.3, 0.4) is 0 Å². The van der Waals surface area contributed by atoms with Crippen molar-refractivity contribution in [3.05, 3.63) is 59.2 Å². The van der Waals surface area contributed by atoms with Gasteiger partial charge >= 0.3 is 0 Å². The van der Waals surface area contributed by atoms with Gasteiger partial charge in [0.2, 0.25) is 5.91 Å². The van der Waals surface area contributed by atoms with E-state index in [4.69, 9.17) is 14.2 Å². The molecule has 3 rings (SSSR count). The van der Waals surface area contributed by atoms with Crippen LogP contribution in [-0.4, -0.2) is 51.3 Å². The van der Waals surface area contributed by atoms with Crippen LogP contribution in [0.4, 0.5) is 0 Å². The van der Waals surface area contributed by atoms with Crippen LogP contribution in [0.5, 0.6) is 11.5 Å². The monoisotopic (exact) mass is 412 g/mol. The quantitative estimate of drug-likeness (QED) is 0.685. The van der Waals surface area contributed by atoms with Crippen molar-refractivity contribution < 1.29 is 19.0 Å². The Hall–Kier alpha value is -2.57. The van der Waals surface area contributed by atoms with Crippen LogP contribution in [0.25, 0.3) is 0 Å². The lowest BCUT2D eigenvalue weighted by Gasteiger charge is -2.42. The number of methoxy groups -OCH3 is 3. The van der Waals surface area contributed by atoms with Gasteiger partial charge in [-0.1, -0.05) is 37.3 Å². The van der Waals surface area contributed by atoms with Gasteiger partial charge in [0.25, 0.3) is 0 Å². The van der Waals surface area contributed by atoms with E-state index >= 15 is 0 Å². The van der Waals surface area contributed by atoms with E-state index in [1.54, 1.807) is 14.2 Å². The summed E-state index contributed by atoms with van der Waals surface area (Å²) >= 11 is 0. The average molecular weight is 413 g/mol. The molecule has 1 amide bonds. The van der Waals surface area contributed by atoms with Gasteiger partial charge in [0.15, 0.2) is 11.5 Å². The van der Waals surface area contributed by atoms with Crippen molar-refractivity contribution in [1.29, 1.82) is 0 Å². The van der Waals surface area contributed by atoms with Crippen LogP contribution in [0.2, 0.25) is 0 Å². The molecule has 1 N–H and O–H groups in total. The maximum atomic E-state index is 12.4. The molecule has 2 atom stereocenters. The number of rotatable bonds is 9. The smallest absolute Gasteiger partial charge is 0.246 e. The van der Waals surface area contributed by atoms with Crippen molar-refractivity contribution in [2.75, 3.05) is 34.5 Å². The summed E-state index contributed by atoms with van der Waals surface area (Å²) in [6.07, 6.45) is 1.72. The molecule has 6 heteroatoms. The highest BCUT2D eigenvalue weighted by atomic mass is 16.5. The molecule has 162 valence electrons. The van der Waals surface area contributed by atoms with Crippen LogP contribution in [-0.2, 0) is 22.5 Å². The van der Waals surface area contributed by atoms with Gasteiger partial charge in [-0.2, -0.15) is 0 Å². The van der Waals surface area contributed by atoms with Crippen molar-refractivity contribution in [1.82, 2.24) is 10.2 Å². The number of carbonyl (C=O) groups is 1. The number of fused-ring (bicyclic) bond motifs is 1. The first-order valence-electron chi connectivity index (χ1n) is 10.4. The molecule has 2 aromatic carbocycles. The molecular weight excluding hydrogens is 380 g/mol. The molecule has 0 fully saturated rings. The zero-order valence-electron chi connectivity index (χ0n) is 18.3. The summed E-state index contributed by atoms with van der Waals surface area (Å²) in [5, 5.41) is 3.18. The van der Waals surface area contributed by atoms with Gasteiger partial charge in [-0.3, -0.25) is 9.69 Å². The fourth-order valence-electron chi connectivity index (χ4n) is 4.28. The normalized spacial score (nSPS) is 17.1. The van der Waals surface area contributed by atoms with Crippen molar-refractivity contribution >= 4 is 5.91 Å². The molecule has 0 unspecified atom stereocenters. The molecule has 6 nitrogen and oxygen atoms in total. The Balaban J connectivity index is 2.00. The summed E-state index contributed by atoms with van der Waals surface area (Å²) in [5.74, 6) is 1.35. The number of nitrogens with zero attached hydrogens (tertiary/aromatic N) is 1. The Morgan fingerprint density at radius 3 is 2.47 bits per heavy atom. The summed E-state index contributed by atoms with van der Waals surface area (Å²) in [7, 11) is 4.85. The van der Waals surface area contributed by atoms with Gasteiger partial charge in [0, 0.05) is 26.2 Å². The predicted octanol–water partition coefficient (Wildman–Crippen LogP) is 3.34. The van der Waals surface area contributed by atoms with E-state index in [2.05, 4.69) is 53.5 Å². The van der Waals surface area contributed by atoms with Crippen molar-refractivity contribution in [3.63, 3.8) is 0 Å². The Labute approximate surface area is 179 Å². The van der Waals surface area contributed by atoms with Crippen LogP contribution in [0.1, 0.15) is 36.1 Å². The average Bonchev–Trinajstić information content (AvgIpc) is 2.77. The third-order valence-corrected chi connectivity index (χ3v) is 5.70. The highest BCUT2D eigenvalue weighted by molar-refractivity contribution is 5.77. The van der Waals surface area contributed by atoms with Crippen LogP contribution >= 0.6 is 0 Å². The van der Waals surface area contributed by atoms with Crippen LogP contribution < -0.4 is 14.8 Å². The molecule has 0 saturated heterocycles. The molecule has 0 bridgehead atoms. The minimum Gasteiger partial charge on any atom is -0.493 e. The number of carbonyl (C=O) groups excluding carboxylic acids is 1. The molecule has 0 saturated carbocycles. The van der Waals surface area contributed by atoms with E-state index in [-0.39, 0.29) is 24.6 Å². The zero-order chi connectivity index (χ0) is 21.5.